The summed E-state index contributed by atoms with van der Waals surface area (Å²) < 4.78 is 93.0. The van der Waals surface area contributed by atoms with Gasteiger partial charge in [0.15, 0.2) is 23.3 Å². The van der Waals surface area contributed by atoms with Gasteiger partial charge in [0.1, 0.15) is 11.3 Å². The van der Waals surface area contributed by atoms with Crippen molar-refractivity contribution in [2.75, 3.05) is 16.4 Å². The Bertz CT molecular complexity index is 1170. The van der Waals surface area contributed by atoms with Gasteiger partial charge in [-0.1, -0.05) is 12.1 Å². The fraction of sp³-hybridized carbons (Fsp3) is 0.100. The molecule has 174 valence electrons. The predicted molar refractivity (Wildman–Crippen MR) is 109 cm³/mol. The fourth-order valence-corrected chi connectivity index (χ4v) is 3.95. The third-order valence-corrected chi connectivity index (χ3v) is 5.88. The lowest BCUT2D eigenvalue weighted by Gasteiger charge is -2.14. The molecule has 3 rings (SSSR count). The average molecular weight is 508 g/mol. The first-order valence-corrected chi connectivity index (χ1v) is 10.7. The van der Waals surface area contributed by atoms with Gasteiger partial charge in [0.25, 0.3) is 5.91 Å². The van der Waals surface area contributed by atoms with Crippen molar-refractivity contribution in [3.63, 3.8) is 0 Å². The Morgan fingerprint density at radius 3 is 2.15 bits per heavy atom. The van der Waals surface area contributed by atoms with E-state index in [-0.39, 0.29) is 5.91 Å². The first-order chi connectivity index (χ1) is 15.5. The second kappa shape index (κ2) is 9.83. The van der Waals surface area contributed by atoms with Crippen molar-refractivity contribution in [3.8, 4) is 0 Å². The van der Waals surface area contributed by atoms with Crippen molar-refractivity contribution in [2.45, 2.75) is 11.1 Å². The SMILES string of the molecule is O=C(CSc1cccc(NC(=O)c2cccs2)c1)Nc1c(F)c(F)c(C(F)(F)F)c(F)c1F. The molecule has 0 radical (unpaired) electrons. The molecule has 0 aliphatic rings. The number of alkyl halides is 3. The highest BCUT2D eigenvalue weighted by Gasteiger charge is 2.42. The maximum Gasteiger partial charge on any atom is 0.422 e. The van der Waals surface area contributed by atoms with E-state index >= 15 is 0 Å². The highest BCUT2D eigenvalue weighted by atomic mass is 32.2. The number of rotatable bonds is 6. The van der Waals surface area contributed by atoms with Gasteiger partial charge in [-0.25, -0.2) is 17.6 Å². The summed E-state index contributed by atoms with van der Waals surface area (Å²) in [6, 6.07) is 9.51. The molecule has 1 aromatic heterocycles. The van der Waals surface area contributed by atoms with Crippen LogP contribution in [-0.4, -0.2) is 17.6 Å². The monoisotopic (exact) mass is 508 g/mol. The van der Waals surface area contributed by atoms with E-state index in [2.05, 4.69) is 5.32 Å². The van der Waals surface area contributed by atoms with Crippen LogP contribution in [0.15, 0.2) is 46.7 Å². The molecule has 0 aliphatic heterocycles. The van der Waals surface area contributed by atoms with Crippen LogP contribution in [0, 0.1) is 23.3 Å². The minimum absolute atomic E-state index is 0.359. The number of thioether (sulfide) groups is 1. The average Bonchev–Trinajstić information content (AvgIpc) is 3.28. The minimum atomic E-state index is -5.68. The predicted octanol–water partition coefficient (Wildman–Crippen LogP) is 6.31. The Balaban J connectivity index is 1.68. The van der Waals surface area contributed by atoms with Crippen LogP contribution in [0.25, 0.3) is 0 Å². The fourth-order valence-electron chi connectivity index (χ4n) is 2.58. The van der Waals surface area contributed by atoms with E-state index in [1.54, 1.807) is 41.0 Å². The van der Waals surface area contributed by atoms with Gasteiger partial charge in [-0.15, -0.1) is 23.1 Å². The van der Waals surface area contributed by atoms with E-state index in [1.807, 2.05) is 0 Å². The smallest absolute Gasteiger partial charge is 0.321 e. The number of amides is 2. The molecule has 2 aromatic carbocycles. The van der Waals surface area contributed by atoms with E-state index in [4.69, 9.17) is 0 Å². The van der Waals surface area contributed by atoms with Crippen LogP contribution >= 0.6 is 23.1 Å². The van der Waals surface area contributed by atoms with Crippen molar-refractivity contribution in [3.05, 3.63) is 75.5 Å². The molecule has 0 atom stereocenters. The molecule has 13 heteroatoms. The largest absolute Gasteiger partial charge is 0.422 e. The Labute approximate surface area is 189 Å². The number of benzene rings is 2. The van der Waals surface area contributed by atoms with E-state index in [0.717, 1.165) is 11.8 Å². The number of nitrogens with one attached hydrogen (secondary N) is 2. The molecule has 33 heavy (non-hydrogen) atoms. The van der Waals surface area contributed by atoms with Gasteiger partial charge < -0.3 is 10.6 Å². The van der Waals surface area contributed by atoms with Crippen LogP contribution in [0.4, 0.5) is 42.1 Å². The van der Waals surface area contributed by atoms with Crippen LogP contribution in [0.1, 0.15) is 15.2 Å². The zero-order valence-electron chi connectivity index (χ0n) is 16.0. The van der Waals surface area contributed by atoms with E-state index in [9.17, 15) is 40.3 Å². The van der Waals surface area contributed by atoms with Crippen LogP contribution in [0.3, 0.4) is 0 Å². The summed E-state index contributed by atoms with van der Waals surface area (Å²) >= 11 is 2.07. The second-order valence-electron chi connectivity index (χ2n) is 6.30. The van der Waals surface area contributed by atoms with Crippen molar-refractivity contribution >= 4 is 46.3 Å². The summed E-state index contributed by atoms with van der Waals surface area (Å²) in [7, 11) is 0. The summed E-state index contributed by atoms with van der Waals surface area (Å²) in [5.74, 6) is -12.1. The molecular weight excluding hydrogens is 497 g/mol. The van der Waals surface area contributed by atoms with Crippen LogP contribution in [0.2, 0.25) is 0 Å². The summed E-state index contributed by atoms with van der Waals surface area (Å²) in [5.41, 5.74) is -4.00. The molecule has 0 bridgehead atoms. The number of hydrogen-bond acceptors (Lipinski definition) is 4. The molecule has 2 N–H and O–H groups in total. The Morgan fingerprint density at radius 2 is 1.58 bits per heavy atom. The highest BCUT2D eigenvalue weighted by Crippen LogP contribution is 2.38. The quantitative estimate of drug-likeness (QED) is 0.233. The van der Waals surface area contributed by atoms with Crippen molar-refractivity contribution in [1.29, 1.82) is 0 Å². The lowest BCUT2D eigenvalue weighted by atomic mass is 10.1. The van der Waals surface area contributed by atoms with Crippen LogP contribution < -0.4 is 10.6 Å². The number of halogens is 7. The zero-order chi connectivity index (χ0) is 24.3. The van der Waals surface area contributed by atoms with Crippen molar-refractivity contribution in [1.82, 2.24) is 0 Å². The third kappa shape index (κ3) is 5.66. The van der Waals surface area contributed by atoms with E-state index < -0.39 is 52.4 Å². The van der Waals surface area contributed by atoms with Gasteiger partial charge in [-0.3, -0.25) is 9.59 Å². The lowest BCUT2D eigenvalue weighted by molar-refractivity contribution is -0.143. The maximum absolute atomic E-state index is 13.9. The van der Waals surface area contributed by atoms with Gasteiger partial charge in [-0.2, -0.15) is 13.2 Å². The van der Waals surface area contributed by atoms with Gasteiger partial charge in [0, 0.05) is 10.6 Å². The first-order valence-electron chi connectivity index (χ1n) is 8.79. The molecule has 0 aliphatic carbocycles. The topological polar surface area (TPSA) is 58.2 Å². The Morgan fingerprint density at radius 1 is 0.909 bits per heavy atom. The molecule has 0 unspecified atom stereocenters. The van der Waals surface area contributed by atoms with Crippen LogP contribution in [-0.2, 0) is 11.0 Å². The van der Waals surface area contributed by atoms with Gasteiger partial charge in [-0.05, 0) is 29.6 Å². The Kier molecular flexibility index (Phi) is 7.32. The van der Waals surface area contributed by atoms with Crippen molar-refractivity contribution < 1.29 is 40.3 Å². The molecule has 0 saturated heterocycles. The molecule has 1 heterocycles. The molecule has 0 saturated carbocycles. The molecule has 0 spiro atoms. The van der Waals surface area contributed by atoms with Crippen molar-refractivity contribution in [2.24, 2.45) is 0 Å². The molecule has 3 aromatic rings. The number of hydrogen-bond donors (Lipinski definition) is 2. The third-order valence-electron chi connectivity index (χ3n) is 4.02. The van der Waals surface area contributed by atoms with Gasteiger partial charge in [0.2, 0.25) is 5.91 Å². The lowest BCUT2D eigenvalue weighted by Crippen LogP contribution is -2.21. The zero-order valence-corrected chi connectivity index (χ0v) is 17.7. The summed E-state index contributed by atoms with van der Waals surface area (Å²) in [4.78, 5) is 25.0. The molecule has 0 fully saturated rings. The number of carbonyl (C=O) groups is 2. The van der Waals surface area contributed by atoms with Gasteiger partial charge >= 0.3 is 6.18 Å². The van der Waals surface area contributed by atoms with E-state index in [1.165, 1.54) is 17.4 Å². The first kappa shape index (κ1) is 24.6. The summed E-state index contributed by atoms with van der Waals surface area (Å²) in [5, 5.41) is 5.91. The number of anilines is 2. The van der Waals surface area contributed by atoms with Crippen LogP contribution in [0.5, 0.6) is 0 Å². The van der Waals surface area contributed by atoms with Gasteiger partial charge in [0.05, 0.1) is 10.6 Å². The number of carbonyl (C=O) groups excluding carboxylic acids is 2. The molecular formula is C20H11F7N2O2S2. The van der Waals surface area contributed by atoms with E-state index in [0.29, 0.717) is 15.5 Å². The highest BCUT2D eigenvalue weighted by molar-refractivity contribution is 8.00. The minimum Gasteiger partial charge on any atom is -0.321 e. The summed E-state index contributed by atoms with van der Waals surface area (Å²) in [6.07, 6.45) is -5.68. The maximum atomic E-state index is 13.9. The molecule has 4 nitrogen and oxygen atoms in total. The summed E-state index contributed by atoms with van der Waals surface area (Å²) in [6.45, 7) is 0. The standard InChI is InChI=1S/C20H11F7N2O2S2/c21-14-13(20(25,26)27)15(22)17(24)18(16(14)23)29-12(30)8-33-10-4-1-3-9(7-10)28-19(31)11-5-2-6-32-11/h1-7H,8H2,(H,28,31)(H,29,30). The number of thiophene rings is 1. The second-order valence-corrected chi connectivity index (χ2v) is 8.30. The Hall–Kier alpha value is -3.06. The normalized spacial score (nSPS) is 11.4. The molecule has 2 amide bonds.